The summed E-state index contributed by atoms with van der Waals surface area (Å²) in [7, 11) is 0. The standard InChI is InChI=1S/C11H15N3O/c1-8(15)14-11-6-9(3-5-13-11)10-2-4-12-7-10/h3,5-6,10,12H,2,4,7H2,1H3,(H,13,14,15). The van der Waals surface area contributed by atoms with Crippen LogP contribution in [0.15, 0.2) is 18.3 Å². The molecule has 2 heterocycles. The zero-order chi connectivity index (χ0) is 10.7. The Morgan fingerprint density at radius 2 is 2.53 bits per heavy atom. The summed E-state index contributed by atoms with van der Waals surface area (Å²) in [4.78, 5) is 15.0. The summed E-state index contributed by atoms with van der Waals surface area (Å²) in [5.74, 6) is 1.12. The van der Waals surface area contributed by atoms with Crippen molar-refractivity contribution in [2.75, 3.05) is 18.4 Å². The van der Waals surface area contributed by atoms with Crippen LogP contribution in [-0.2, 0) is 4.79 Å². The van der Waals surface area contributed by atoms with Gasteiger partial charge in [-0.2, -0.15) is 0 Å². The van der Waals surface area contributed by atoms with Gasteiger partial charge in [-0.1, -0.05) is 0 Å². The number of amides is 1. The first-order valence-corrected chi connectivity index (χ1v) is 5.20. The van der Waals surface area contributed by atoms with Crippen LogP contribution in [0.3, 0.4) is 0 Å². The largest absolute Gasteiger partial charge is 0.316 e. The molecule has 4 nitrogen and oxygen atoms in total. The molecule has 0 spiro atoms. The number of anilines is 1. The van der Waals surface area contributed by atoms with Gasteiger partial charge in [0.15, 0.2) is 0 Å². The SMILES string of the molecule is CC(=O)Nc1cc(C2CCNC2)ccn1. The Hall–Kier alpha value is -1.42. The van der Waals surface area contributed by atoms with E-state index in [0.717, 1.165) is 19.5 Å². The van der Waals surface area contributed by atoms with E-state index in [1.807, 2.05) is 12.1 Å². The minimum Gasteiger partial charge on any atom is -0.316 e. The maximum Gasteiger partial charge on any atom is 0.222 e. The first-order valence-electron chi connectivity index (χ1n) is 5.20. The monoisotopic (exact) mass is 205 g/mol. The van der Waals surface area contributed by atoms with E-state index in [2.05, 4.69) is 15.6 Å². The summed E-state index contributed by atoms with van der Waals surface area (Å²) >= 11 is 0. The van der Waals surface area contributed by atoms with Crippen LogP contribution in [0.2, 0.25) is 0 Å². The number of nitrogens with zero attached hydrogens (tertiary/aromatic N) is 1. The second-order valence-corrected chi connectivity index (χ2v) is 3.85. The number of carbonyl (C=O) groups excluding carboxylic acids is 1. The number of hydrogen-bond acceptors (Lipinski definition) is 3. The molecule has 4 heteroatoms. The van der Waals surface area contributed by atoms with Crippen molar-refractivity contribution in [1.29, 1.82) is 0 Å². The minimum atomic E-state index is -0.0794. The molecule has 1 amide bonds. The zero-order valence-corrected chi connectivity index (χ0v) is 8.79. The van der Waals surface area contributed by atoms with Crippen LogP contribution in [-0.4, -0.2) is 24.0 Å². The summed E-state index contributed by atoms with van der Waals surface area (Å²) in [5.41, 5.74) is 1.25. The summed E-state index contributed by atoms with van der Waals surface area (Å²) in [6, 6.07) is 3.97. The van der Waals surface area contributed by atoms with Gasteiger partial charge in [-0.25, -0.2) is 4.98 Å². The Bertz CT molecular complexity index is 359. The quantitative estimate of drug-likeness (QED) is 0.760. The second-order valence-electron chi connectivity index (χ2n) is 3.85. The van der Waals surface area contributed by atoms with Gasteiger partial charge in [0, 0.05) is 19.7 Å². The molecule has 2 rings (SSSR count). The fraction of sp³-hybridized carbons (Fsp3) is 0.455. The Morgan fingerprint density at radius 1 is 1.67 bits per heavy atom. The Labute approximate surface area is 89.1 Å². The average molecular weight is 205 g/mol. The first kappa shape index (κ1) is 10.1. The maximum absolute atomic E-state index is 10.9. The van der Waals surface area contributed by atoms with Gasteiger partial charge in [0.05, 0.1) is 0 Å². The summed E-state index contributed by atoms with van der Waals surface area (Å²) in [5, 5.41) is 6.02. The molecule has 1 atom stereocenters. The molecule has 1 unspecified atom stereocenters. The topological polar surface area (TPSA) is 54.0 Å². The lowest BCUT2D eigenvalue weighted by molar-refractivity contribution is -0.114. The van der Waals surface area contributed by atoms with E-state index >= 15 is 0 Å². The lowest BCUT2D eigenvalue weighted by Crippen LogP contribution is -2.10. The minimum absolute atomic E-state index is 0.0794. The van der Waals surface area contributed by atoms with Crippen LogP contribution >= 0.6 is 0 Å². The number of hydrogen-bond donors (Lipinski definition) is 2. The van der Waals surface area contributed by atoms with Gasteiger partial charge in [0.25, 0.3) is 0 Å². The van der Waals surface area contributed by atoms with Crippen LogP contribution in [0.1, 0.15) is 24.8 Å². The molecule has 0 aliphatic carbocycles. The number of carbonyl (C=O) groups is 1. The third-order valence-corrected chi connectivity index (χ3v) is 2.62. The molecule has 0 radical (unpaired) electrons. The Balaban J connectivity index is 2.14. The molecule has 2 N–H and O–H groups in total. The summed E-state index contributed by atoms with van der Waals surface area (Å²) in [6.45, 7) is 3.58. The van der Waals surface area contributed by atoms with Crippen molar-refractivity contribution in [3.8, 4) is 0 Å². The normalized spacial score (nSPS) is 20.2. The maximum atomic E-state index is 10.9. The predicted octanol–water partition coefficient (Wildman–Crippen LogP) is 1.12. The van der Waals surface area contributed by atoms with E-state index in [0.29, 0.717) is 11.7 Å². The van der Waals surface area contributed by atoms with Crippen molar-refractivity contribution >= 4 is 11.7 Å². The summed E-state index contributed by atoms with van der Waals surface area (Å²) in [6.07, 6.45) is 2.91. The molecule has 0 saturated carbocycles. The molecule has 15 heavy (non-hydrogen) atoms. The molecule has 1 aromatic rings. The molecule has 1 aromatic heterocycles. The summed E-state index contributed by atoms with van der Waals surface area (Å²) < 4.78 is 0. The number of aromatic nitrogens is 1. The average Bonchev–Trinajstić information content (AvgIpc) is 2.69. The number of nitrogens with one attached hydrogen (secondary N) is 2. The van der Waals surface area contributed by atoms with Gasteiger partial charge in [0.2, 0.25) is 5.91 Å². The Kier molecular flexibility index (Phi) is 2.97. The van der Waals surface area contributed by atoms with Crippen LogP contribution in [0.25, 0.3) is 0 Å². The van der Waals surface area contributed by atoms with Gasteiger partial charge in [-0.15, -0.1) is 0 Å². The second kappa shape index (κ2) is 4.40. The molecule has 1 fully saturated rings. The van der Waals surface area contributed by atoms with Crippen LogP contribution in [0, 0.1) is 0 Å². The van der Waals surface area contributed by atoms with E-state index in [1.165, 1.54) is 12.5 Å². The lowest BCUT2D eigenvalue weighted by Gasteiger charge is -2.09. The van der Waals surface area contributed by atoms with E-state index in [4.69, 9.17) is 0 Å². The van der Waals surface area contributed by atoms with Gasteiger partial charge >= 0.3 is 0 Å². The highest BCUT2D eigenvalue weighted by Crippen LogP contribution is 2.23. The molecular formula is C11H15N3O. The van der Waals surface area contributed by atoms with Gasteiger partial charge in [0.1, 0.15) is 5.82 Å². The molecule has 0 aromatic carbocycles. The fourth-order valence-corrected chi connectivity index (χ4v) is 1.89. The number of pyridine rings is 1. The third-order valence-electron chi connectivity index (χ3n) is 2.62. The van der Waals surface area contributed by atoms with Gasteiger partial charge in [-0.3, -0.25) is 4.79 Å². The molecule has 0 bridgehead atoms. The van der Waals surface area contributed by atoms with Crippen molar-refractivity contribution in [3.63, 3.8) is 0 Å². The Morgan fingerprint density at radius 3 is 3.20 bits per heavy atom. The molecule has 80 valence electrons. The van der Waals surface area contributed by atoms with Crippen LogP contribution in [0.4, 0.5) is 5.82 Å². The molecular weight excluding hydrogens is 190 g/mol. The van der Waals surface area contributed by atoms with Crippen molar-refractivity contribution in [3.05, 3.63) is 23.9 Å². The zero-order valence-electron chi connectivity index (χ0n) is 8.79. The van der Waals surface area contributed by atoms with Crippen molar-refractivity contribution in [2.24, 2.45) is 0 Å². The van der Waals surface area contributed by atoms with Gasteiger partial charge < -0.3 is 10.6 Å². The predicted molar refractivity (Wildman–Crippen MR) is 58.8 cm³/mol. The highest BCUT2D eigenvalue weighted by Gasteiger charge is 2.16. The molecule has 1 saturated heterocycles. The molecule has 1 aliphatic heterocycles. The van der Waals surface area contributed by atoms with E-state index in [1.54, 1.807) is 6.20 Å². The first-order chi connectivity index (χ1) is 7.25. The lowest BCUT2D eigenvalue weighted by atomic mass is 10.00. The van der Waals surface area contributed by atoms with Crippen molar-refractivity contribution < 1.29 is 4.79 Å². The van der Waals surface area contributed by atoms with E-state index < -0.39 is 0 Å². The number of rotatable bonds is 2. The third kappa shape index (κ3) is 2.53. The van der Waals surface area contributed by atoms with Crippen LogP contribution < -0.4 is 10.6 Å². The molecule has 1 aliphatic rings. The van der Waals surface area contributed by atoms with E-state index in [-0.39, 0.29) is 5.91 Å². The highest BCUT2D eigenvalue weighted by molar-refractivity contribution is 5.87. The van der Waals surface area contributed by atoms with Crippen LogP contribution in [0.5, 0.6) is 0 Å². The van der Waals surface area contributed by atoms with Crippen molar-refractivity contribution in [2.45, 2.75) is 19.3 Å². The van der Waals surface area contributed by atoms with Gasteiger partial charge in [-0.05, 0) is 36.6 Å². The van der Waals surface area contributed by atoms with E-state index in [9.17, 15) is 4.79 Å². The fourth-order valence-electron chi connectivity index (χ4n) is 1.89. The smallest absolute Gasteiger partial charge is 0.222 e. The highest BCUT2D eigenvalue weighted by atomic mass is 16.1. The van der Waals surface area contributed by atoms with Crippen molar-refractivity contribution in [1.82, 2.24) is 10.3 Å².